The summed E-state index contributed by atoms with van der Waals surface area (Å²) in [6, 6.07) is 4.51. The van der Waals surface area contributed by atoms with E-state index < -0.39 is 11.7 Å². The third-order valence-electron chi connectivity index (χ3n) is 3.60. The molecule has 5 nitrogen and oxygen atoms in total. The van der Waals surface area contributed by atoms with Gasteiger partial charge in [0, 0.05) is 37.3 Å². The number of nitrogens with zero attached hydrogens (tertiary/aromatic N) is 4. The largest absolute Gasteiger partial charge is 0.416 e. The van der Waals surface area contributed by atoms with Gasteiger partial charge in [-0.1, -0.05) is 11.3 Å². The van der Waals surface area contributed by atoms with Gasteiger partial charge in [-0.3, -0.25) is 9.48 Å². The molecule has 3 rings (SSSR count). The average Bonchev–Trinajstić information content (AvgIpc) is 2.94. The highest BCUT2D eigenvalue weighted by Crippen LogP contribution is 2.30. The first-order valence-electron chi connectivity index (χ1n) is 6.74. The van der Waals surface area contributed by atoms with E-state index in [1.54, 1.807) is 17.1 Å². The number of carbonyl (C=O) groups is 1. The molecule has 1 amide bonds. The second-order valence-corrected chi connectivity index (χ2v) is 5.28. The molecular weight excluding hydrogens is 297 g/mol. The van der Waals surface area contributed by atoms with E-state index in [-0.39, 0.29) is 17.4 Å². The van der Waals surface area contributed by atoms with Crippen LogP contribution in [0.1, 0.15) is 15.9 Å². The van der Waals surface area contributed by atoms with Crippen LogP contribution in [0, 0.1) is 5.92 Å². The van der Waals surface area contributed by atoms with Crippen LogP contribution in [0.5, 0.6) is 0 Å². The zero-order valence-electron chi connectivity index (χ0n) is 11.5. The third-order valence-corrected chi connectivity index (χ3v) is 3.60. The van der Waals surface area contributed by atoms with Gasteiger partial charge in [-0.25, -0.2) is 0 Å². The quantitative estimate of drug-likeness (QED) is 0.872. The Kier molecular flexibility index (Phi) is 3.59. The van der Waals surface area contributed by atoms with Gasteiger partial charge in [0.1, 0.15) is 0 Å². The Labute approximate surface area is 124 Å². The summed E-state index contributed by atoms with van der Waals surface area (Å²) in [6.45, 7) is 1.66. The van der Waals surface area contributed by atoms with Gasteiger partial charge in [0.05, 0.1) is 11.8 Å². The number of halogens is 3. The van der Waals surface area contributed by atoms with Gasteiger partial charge in [0.25, 0.3) is 5.91 Å². The van der Waals surface area contributed by atoms with Crippen molar-refractivity contribution < 1.29 is 18.0 Å². The lowest BCUT2D eigenvalue weighted by Crippen LogP contribution is -2.51. The van der Waals surface area contributed by atoms with E-state index >= 15 is 0 Å². The lowest BCUT2D eigenvalue weighted by Gasteiger charge is -2.39. The molecule has 0 bridgehead atoms. The van der Waals surface area contributed by atoms with Crippen LogP contribution in [0.25, 0.3) is 0 Å². The minimum Gasteiger partial charge on any atom is -0.338 e. The number of rotatable bonds is 3. The lowest BCUT2D eigenvalue weighted by atomic mass is 9.98. The standard InChI is InChI=1S/C14H13F3N4O/c15-14(16,17)12-3-1-2-11(6-12)13(22)20-7-10(8-20)9-21-5-4-18-19-21/h1-6,10H,7-9H2. The van der Waals surface area contributed by atoms with E-state index in [4.69, 9.17) is 0 Å². The number of likely N-dealkylation sites (tertiary alicyclic amines) is 1. The second-order valence-electron chi connectivity index (χ2n) is 5.28. The third kappa shape index (κ3) is 2.95. The Bertz CT molecular complexity index is 663. The summed E-state index contributed by atoms with van der Waals surface area (Å²) in [7, 11) is 0. The molecule has 0 saturated carbocycles. The van der Waals surface area contributed by atoms with Crippen molar-refractivity contribution in [2.45, 2.75) is 12.7 Å². The molecule has 0 N–H and O–H groups in total. The van der Waals surface area contributed by atoms with Gasteiger partial charge >= 0.3 is 6.18 Å². The topological polar surface area (TPSA) is 51.0 Å². The van der Waals surface area contributed by atoms with Crippen molar-refractivity contribution in [1.82, 2.24) is 19.9 Å². The Balaban J connectivity index is 1.61. The fraction of sp³-hybridized carbons (Fsp3) is 0.357. The molecule has 1 saturated heterocycles. The number of hydrogen-bond donors (Lipinski definition) is 0. The van der Waals surface area contributed by atoms with E-state index in [1.165, 1.54) is 17.0 Å². The molecule has 1 aliphatic heterocycles. The molecule has 2 aromatic rings. The zero-order valence-corrected chi connectivity index (χ0v) is 11.5. The first-order chi connectivity index (χ1) is 10.4. The van der Waals surface area contributed by atoms with Gasteiger partial charge in [0.2, 0.25) is 0 Å². The van der Waals surface area contributed by atoms with Gasteiger partial charge in [-0.05, 0) is 18.2 Å². The number of carbonyl (C=O) groups excluding carboxylic acids is 1. The summed E-state index contributed by atoms with van der Waals surface area (Å²) in [5.74, 6) is -0.127. The number of hydrogen-bond acceptors (Lipinski definition) is 3. The zero-order chi connectivity index (χ0) is 15.7. The Morgan fingerprint density at radius 3 is 2.73 bits per heavy atom. The highest BCUT2D eigenvalue weighted by Gasteiger charge is 2.34. The fourth-order valence-corrected chi connectivity index (χ4v) is 2.46. The SMILES string of the molecule is O=C(c1cccc(C(F)(F)F)c1)N1CC(Cn2ccnn2)C1. The normalized spacial score (nSPS) is 15.7. The van der Waals surface area contributed by atoms with Crippen molar-refractivity contribution in [1.29, 1.82) is 0 Å². The molecule has 1 fully saturated rings. The molecule has 0 spiro atoms. The molecule has 116 valence electrons. The Morgan fingerprint density at radius 2 is 2.09 bits per heavy atom. The molecule has 0 radical (unpaired) electrons. The first-order valence-corrected chi connectivity index (χ1v) is 6.74. The summed E-state index contributed by atoms with van der Waals surface area (Å²) in [6.07, 6.45) is -1.14. The van der Waals surface area contributed by atoms with Crippen LogP contribution in [0.3, 0.4) is 0 Å². The van der Waals surface area contributed by atoms with Gasteiger partial charge < -0.3 is 4.90 Å². The monoisotopic (exact) mass is 310 g/mol. The van der Waals surface area contributed by atoms with Crippen molar-refractivity contribution in [3.63, 3.8) is 0 Å². The van der Waals surface area contributed by atoms with Gasteiger partial charge in [-0.2, -0.15) is 13.2 Å². The smallest absolute Gasteiger partial charge is 0.338 e. The summed E-state index contributed by atoms with van der Waals surface area (Å²) in [5.41, 5.74) is -0.743. The number of amides is 1. The molecule has 0 unspecified atom stereocenters. The Morgan fingerprint density at radius 1 is 1.32 bits per heavy atom. The molecule has 2 heterocycles. The molecule has 1 aromatic heterocycles. The number of alkyl halides is 3. The van der Waals surface area contributed by atoms with Crippen LogP contribution in [0.15, 0.2) is 36.7 Å². The number of benzene rings is 1. The summed E-state index contributed by atoms with van der Waals surface area (Å²) < 4.78 is 39.7. The maximum Gasteiger partial charge on any atom is 0.416 e. The van der Waals surface area contributed by atoms with E-state index in [0.717, 1.165) is 12.1 Å². The fourth-order valence-electron chi connectivity index (χ4n) is 2.46. The van der Waals surface area contributed by atoms with Crippen molar-refractivity contribution in [2.75, 3.05) is 13.1 Å². The van der Waals surface area contributed by atoms with Crippen LogP contribution in [-0.4, -0.2) is 38.9 Å². The molecule has 1 aliphatic rings. The van der Waals surface area contributed by atoms with Crippen molar-refractivity contribution in [3.05, 3.63) is 47.8 Å². The van der Waals surface area contributed by atoms with E-state index in [0.29, 0.717) is 19.6 Å². The van der Waals surface area contributed by atoms with Crippen LogP contribution >= 0.6 is 0 Å². The molecule has 1 aromatic carbocycles. The van der Waals surface area contributed by atoms with E-state index in [1.807, 2.05) is 0 Å². The molecule has 0 aliphatic carbocycles. The van der Waals surface area contributed by atoms with Crippen molar-refractivity contribution >= 4 is 5.91 Å². The average molecular weight is 310 g/mol. The summed E-state index contributed by atoms with van der Waals surface area (Å²) in [4.78, 5) is 13.7. The van der Waals surface area contributed by atoms with Crippen LogP contribution in [0.4, 0.5) is 13.2 Å². The molecule has 8 heteroatoms. The minimum absolute atomic E-state index is 0.0639. The van der Waals surface area contributed by atoms with E-state index in [2.05, 4.69) is 10.3 Å². The number of aromatic nitrogens is 3. The van der Waals surface area contributed by atoms with Gasteiger partial charge in [0.15, 0.2) is 0 Å². The van der Waals surface area contributed by atoms with Gasteiger partial charge in [-0.15, -0.1) is 5.10 Å². The first kappa shape index (κ1) is 14.6. The second kappa shape index (κ2) is 5.43. The van der Waals surface area contributed by atoms with Crippen LogP contribution in [0.2, 0.25) is 0 Å². The lowest BCUT2D eigenvalue weighted by molar-refractivity contribution is -0.137. The van der Waals surface area contributed by atoms with Crippen molar-refractivity contribution in [2.24, 2.45) is 5.92 Å². The van der Waals surface area contributed by atoms with Crippen LogP contribution in [-0.2, 0) is 12.7 Å². The van der Waals surface area contributed by atoms with E-state index in [9.17, 15) is 18.0 Å². The molecular formula is C14H13F3N4O. The maximum atomic E-state index is 12.7. The Hall–Kier alpha value is -2.38. The molecule has 22 heavy (non-hydrogen) atoms. The molecule has 0 atom stereocenters. The highest BCUT2D eigenvalue weighted by molar-refractivity contribution is 5.94. The van der Waals surface area contributed by atoms with Crippen molar-refractivity contribution in [3.8, 4) is 0 Å². The maximum absolute atomic E-state index is 12.7. The predicted octanol–water partition coefficient (Wildman–Crippen LogP) is 2.07. The summed E-state index contributed by atoms with van der Waals surface area (Å²) in [5, 5.41) is 7.54. The summed E-state index contributed by atoms with van der Waals surface area (Å²) >= 11 is 0. The predicted molar refractivity (Wildman–Crippen MR) is 70.9 cm³/mol. The highest BCUT2D eigenvalue weighted by atomic mass is 19.4. The minimum atomic E-state index is -4.44. The van der Waals surface area contributed by atoms with Crippen LogP contribution < -0.4 is 0 Å².